The minimum absolute atomic E-state index is 0.195. The molecule has 4 N–H and O–H groups in total. The topological polar surface area (TPSA) is 129 Å². The zero-order valence-corrected chi connectivity index (χ0v) is 21.2. The molecule has 3 atom stereocenters. The maximum Gasteiger partial charge on any atom is 0.406 e. The molecule has 206 valence electrons. The van der Waals surface area contributed by atoms with Gasteiger partial charge in [-0.1, -0.05) is 36.4 Å². The van der Waals surface area contributed by atoms with Crippen molar-refractivity contribution in [3.63, 3.8) is 0 Å². The number of para-hydroxylation sites is 1. The van der Waals surface area contributed by atoms with E-state index in [1.807, 2.05) is 0 Å². The van der Waals surface area contributed by atoms with E-state index in [1.54, 1.807) is 36.4 Å². The Labute approximate surface area is 220 Å². The van der Waals surface area contributed by atoms with Crippen molar-refractivity contribution in [3.05, 3.63) is 65.7 Å². The highest BCUT2D eigenvalue weighted by Gasteiger charge is 2.58. The third-order valence-electron chi connectivity index (χ3n) is 6.49. The minimum Gasteiger partial charge on any atom is -0.494 e. The number of oxazole rings is 1. The number of hydrogen-bond donors (Lipinski definition) is 4. The van der Waals surface area contributed by atoms with E-state index in [0.717, 1.165) is 5.01 Å². The second kappa shape index (κ2) is 9.58. The van der Waals surface area contributed by atoms with Crippen LogP contribution in [0.2, 0.25) is 0 Å². The van der Waals surface area contributed by atoms with E-state index in [0.29, 0.717) is 11.3 Å². The van der Waals surface area contributed by atoms with Gasteiger partial charge in [0.1, 0.15) is 29.2 Å². The maximum absolute atomic E-state index is 14.2. The SMILES string of the molecule is COc1cccc2oc(C3=C(C(=O)NCC(C)(C)O)NC4C(c5ccccc5)C(C(F)(F)F)NN4C3=O)nc12. The number of benzene rings is 2. The molecular weight excluding hydrogens is 519 g/mol. The van der Waals surface area contributed by atoms with E-state index in [-0.39, 0.29) is 34.8 Å². The third-order valence-corrected chi connectivity index (χ3v) is 6.49. The van der Waals surface area contributed by atoms with Gasteiger partial charge in [0.2, 0.25) is 5.89 Å². The lowest BCUT2D eigenvalue weighted by atomic mass is 9.89. The highest BCUT2D eigenvalue weighted by Crippen LogP contribution is 2.43. The Bertz CT molecular complexity index is 1450. The Balaban J connectivity index is 1.65. The van der Waals surface area contributed by atoms with Crippen LogP contribution in [-0.4, -0.2) is 64.6 Å². The Hall–Kier alpha value is -4.10. The lowest BCUT2D eigenvalue weighted by Crippen LogP contribution is -2.57. The number of carbonyl (C=O) groups is 2. The second-order valence-electron chi connectivity index (χ2n) is 9.92. The summed E-state index contributed by atoms with van der Waals surface area (Å²) in [6.07, 6.45) is -6.01. The fraction of sp³-hybridized carbons (Fsp3) is 0.346. The van der Waals surface area contributed by atoms with E-state index >= 15 is 0 Å². The van der Waals surface area contributed by atoms with E-state index in [4.69, 9.17) is 9.15 Å². The number of ether oxygens (including phenoxy) is 1. The Kier molecular flexibility index (Phi) is 6.51. The number of hydrazine groups is 1. The zero-order chi connectivity index (χ0) is 28.1. The van der Waals surface area contributed by atoms with Crippen LogP contribution in [0.25, 0.3) is 16.7 Å². The summed E-state index contributed by atoms with van der Waals surface area (Å²) in [6, 6.07) is 10.6. The number of nitrogens with zero attached hydrogens (tertiary/aromatic N) is 2. The molecule has 2 aromatic carbocycles. The molecular formula is C26H26F3N5O5. The molecule has 0 aliphatic carbocycles. The molecule has 3 heterocycles. The van der Waals surface area contributed by atoms with E-state index in [9.17, 15) is 27.9 Å². The first kappa shape index (κ1) is 26.5. The van der Waals surface area contributed by atoms with Crippen molar-refractivity contribution in [1.82, 2.24) is 26.1 Å². The lowest BCUT2D eigenvalue weighted by molar-refractivity contribution is -0.161. The fourth-order valence-corrected chi connectivity index (χ4v) is 4.72. The number of rotatable bonds is 6. The average Bonchev–Trinajstić information content (AvgIpc) is 3.49. The number of fused-ring (bicyclic) bond motifs is 2. The van der Waals surface area contributed by atoms with Crippen LogP contribution in [-0.2, 0) is 9.59 Å². The van der Waals surface area contributed by atoms with Crippen molar-refractivity contribution in [3.8, 4) is 5.75 Å². The molecule has 3 aromatic rings. The Morgan fingerprint density at radius 2 is 1.90 bits per heavy atom. The molecule has 39 heavy (non-hydrogen) atoms. The number of nitrogens with one attached hydrogen (secondary N) is 3. The van der Waals surface area contributed by atoms with E-state index < -0.39 is 41.7 Å². The van der Waals surface area contributed by atoms with Crippen LogP contribution >= 0.6 is 0 Å². The summed E-state index contributed by atoms with van der Waals surface area (Å²) < 4.78 is 53.7. The zero-order valence-electron chi connectivity index (χ0n) is 21.2. The fourth-order valence-electron chi connectivity index (χ4n) is 4.72. The molecule has 2 amide bonds. The number of carbonyl (C=O) groups excluding carboxylic acids is 2. The van der Waals surface area contributed by atoms with Crippen LogP contribution in [0.4, 0.5) is 13.2 Å². The molecule has 13 heteroatoms. The third kappa shape index (κ3) is 4.90. The summed E-state index contributed by atoms with van der Waals surface area (Å²) in [4.78, 5) is 31.6. The summed E-state index contributed by atoms with van der Waals surface area (Å²) in [6.45, 7) is 2.74. The summed E-state index contributed by atoms with van der Waals surface area (Å²) in [5, 5.41) is 16.3. The molecule has 1 aromatic heterocycles. The summed E-state index contributed by atoms with van der Waals surface area (Å²) in [5.41, 5.74) is 1.11. The standard InChI is InChI=1S/C26H26F3N5O5/c1-25(2,37)12-30-22(35)19-17(23-32-18-14(38-3)10-7-11-15(18)39-23)24(36)34-21(31-19)16(13-8-5-4-6-9-13)20(33-34)26(27,28)29/h4-11,16,20-21,31,33,37H,12H2,1-3H3,(H,30,35). The number of methoxy groups -OCH3 is 1. The van der Waals surface area contributed by atoms with Gasteiger partial charge in [0.25, 0.3) is 11.8 Å². The molecule has 0 bridgehead atoms. The summed E-state index contributed by atoms with van der Waals surface area (Å²) >= 11 is 0. The number of hydrogen-bond acceptors (Lipinski definition) is 8. The molecule has 0 spiro atoms. The molecule has 0 radical (unpaired) electrons. The highest BCUT2D eigenvalue weighted by atomic mass is 19.4. The first-order chi connectivity index (χ1) is 18.4. The van der Waals surface area contributed by atoms with E-state index in [2.05, 4.69) is 21.0 Å². The number of amides is 2. The van der Waals surface area contributed by atoms with Gasteiger partial charge in [0, 0.05) is 6.54 Å². The molecule has 2 aliphatic rings. The van der Waals surface area contributed by atoms with Gasteiger partial charge >= 0.3 is 6.18 Å². The van der Waals surface area contributed by atoms with E-state index in [1.165, 1.54) is 33.1 Å². The Morgan fingerprint density at radius 1 is 1.18 bits per heavy atom. The van der Waals surface area contributed by atoms with Gasteiger partial charge in [-0.05, 0) is 31.5 Å². The minimum atomic E-state index is -4.73. The van der Waals surface area contributed by atoms with Gasteiger partial charge in [-0.25, -0.2) is 15.4 Å². The van der Waals surface area contributed by atoms with Gasteiger partial charge in [0.05, 0.1) is 18.6 Å². The van der Waals surface area contributed by atoms with Gasteiger partial charge in [0.15, 0.2) is 11.1 Å². The van der Waals surface area contributed by atoms with Crippen LogP contribution in [0, 0.1) is 0 Å². The summed E-state index contributed by atoms with van der Waals surface area (Å²) in [7, 11) is 1.42. The predicted octanol–water partition coefficient (Wildman–Crippen LogP) is 2.43. The van der Waals surface area contributed by atoms with Crippen molar-refractivity contribution in [2.45, 2.75) is 43.8 Å². The predicted molar refractivity (Wildman–Crippen MR) is 133 cm³/mol. The average molecular weight is 546 g/mol. The van der Waals surface area contributed by atoms with Gasteiger partial charge in [-0.15, -0.1) is 0 Å². The number of halogens is 3. The highest BCUT2D eigenvalue weighted by molar-refractivity contribution is 6.25. The normalized spacial score (nSPS) is 21.7. The van der Waals surface area contributed by atoms with Crippen LogP contribution in [0.5, 0.6) is 5.75 Å². The van der Waals surface area contributed by atoms with Gasteiger partial charge < -0.3 is 24.9 Å². The molecule has 5 rings (SSSR count). The molecule has 2 aliphatic heterocycles. The maximum atomic E-state index is 14.2. The first-order valence-corrected chi connectivity index (χ1v) is 12.1. The van der Waals surface area contributed by atoms with Crippen molar-refractivity contribution >= 4 is 28.5 Å². The molecule has 3 unspecified atom stereocenters. The number of aromatic nitrogens is 1. The van der Waals surface area contributed by atoms with Crippen molar-refractivity contribution in [2.75, 3.05) is 13.7 Å². The summed E-state index contributed by atoms with van der Waals surface area (Å²) in [5.74, 6) is -3.00. The molecule has 10 nitrogen and oxygen atoms in total. The van der Waals surface area contributed by atoms with Gasteiger partial charge in [-0.2, -0.15) is 13.2 Å². The largest absolute Gasteiger partial charge is 0.494 e. The second-order valence-corrected chi connectivity index (χ2v) is 9.92. The van der Waals surface area contributed by atoms with Crippen molar-refractivity contribution in [2.24, 2.45) is 0 Å². The van der Waals surface area contributed by atoms with Crippen LogP contribution in [0.15, 0.2) is 58.6 Å². The van der Waals surface area contributed by atoms with Crippen molar-refractivity contribution < 1.29 is 37.0 Å². The van der Waals surface area contributed by atoms with Gasteiger partial charge in [-0.3, -0.25) is 9.59 Å². The monoisotopic (exact) mass is 545 g/mol. The Morgan fingerprint density at radius 3 is 2.54 bits per heavy atom. The molecule has 0 saturated carbocycles. The van der Waals surface area contributed by atoms with Crippen LogP contribution in [0.1, 0.15) is 31.2 Å². The van der Waals surface area contributed by atoms with Crippen molar-refractivity contribution in [1.29, 1.82) is 0 Å². The molecule has 1 fully saturated rings. The lowest BCUT2D eigenvalue weighted by Gasteiger charge is -2.34. The number of alkyl halides is 3. The number of aliphatic hydroxyl groups is 1. The van der Waals surface area contributed by atoms with Crippen LogP contribution < -0.4 is 20.8 Å². The van der Waals surface area contributed by atoms with Crippen LogP contribution in [0.3, 0.4) is 0 Å². The smallest absolute Gasteiger partial charge is 0.406 e. The molecule has 1 saturated heterocycles. The quantitative estimate of drug-likeness (QED) is 0.372. The first-order valence-electron chi connectivity index (χ1n) is 12.1.